The van der Waals surface area contributed by atoms with Crippen molar-refractivity contribution < 1.29 is 22.7 Å². The molecule has 168 valence electrons. The first-order valence-electron chi connectivity index (χ1n) is 10.7. The van der Waals surface area contributed by atoms with Crippen LogP contribution in [-0.2, 0) is 14.8 Å². The Morgan fingerprint density at radius 3 is 2.13 bits per heavy atom. The Morgan fingerprint density at radius 2 is 1.63 bits per heavy atom. The Morgan fingerprint density at radius 1 is 1.03 bits per heavy atom. The minimum absolute atomic E-state index is 0.108. The number of carbonyl (C=O) groups is 1. The number of rotatable bonds is 8. The number of sulfonamides is 1. The first kappa shape index (κ1) is 22.9. The summed E-state index contributed by atoms with van der Waals surface area (Å²) < 4.78 is 38.2. The number of benzene rings is 1. The Bertz CT molecular complexity index is 858. The van der Waals surface area contributed by atoms with Gasteiger partial charge in [-0.15, -0.1) is 0 Å². The predicted molar refractivity (Wildman–Crippen MR) is 115 cm³/mol. The fraction of sp³-hybridized carbons (Fsp3) is 0.682. The third-order valence-electron chi connectivity index (χ3n) is 6.39. The van der Waals surface area contributed by atoms with Gasteiger partial charge in [0.2, 0.25) is 15.9 Å². The monoisotopic (exact) mass is 438 g/mol. The summed E-state index contributed by atoms with van der Waals surface area (Å²) in [5, 5.41) is 0. The molecule has 30 heavy (non-hydrogen) atoms. The van der Waals surface area contributed by atoms with Crippen molar-refractivity contribution in [3.8, 4) is 11.5 Å². The van der Waals surface area contributed by atoms with E-state index < -0.39 is 10.0 Å². The molecule has 1 saturated heterocycles. The normalized spacial score (nSPS) is 19.5. The highest BCUT2D eigenvalue weighted by molar-refractivity contribution is 7.89. The maximum Gasteiger partial charge on any atom is 0.243 e. The van der Waals surface area contributed by atoms with Crippen LogP contribution in [0.15, 0.2) is 23.1 Å². The molecule has 8 heteroatoms. The Hall–Kier alpha value is -1.80. The van der Waals surface area contributed by atoms with Gasteiger partial charge >= 0.3 is 0 Å². The minimum atomic E-state index is -3.65. The Labute approximate surface area is 180 Å². The number of nitrogens with zero attached hydrogens (tertiary/aromatic N) is 2. The molecule has 0 radical (unpaired) electrons. The molecule has 7 nitrogen and oxygen atoms in total. The van der Waals surface area contributed by atoms with Crippen LogP contribution in [0.4, 0.5) is 0 Å². The van der Waals surface area contributed by atoms with Crippen molar-refractivity contribution in [2.24, 2.45) is 11.8 Å². The minimum Gasteiger partial charge on any atom is -0.493 e. The van der Waals surface area contributed by atoms with E-state index in [-0.39, 0.29) is 22.8 Å². The third-order valence-corrected chi connectivity index (χ3v) is 8.29. The van der Waals surface area contributed by atoms with Gasteiger partial charge in [-0.05, 0) is 50.7 Å². The molecule has 1 aromatic rings. The van der Waals surface area contributed by atoms with Crippen LogP contribution in [0.2, 0.25) is 0 Å². The maximum absolute atomic E-state index is 13.2. The second-order valence-corrected chi connectivity index (χ2v) is 10.6. The van der Waals surface area contributed by atoms with Gasteiger partial charge in [0.15, 0.2) is 11.5 Å². The summed E-state index contributed by atoms with van der Waals surface area (Å²) in [5.41, 5.74) is 0. The number of hydrogen-bond acceptors (Lipinski definition) is 5. The van der Waals surface area contributed by atoms with Crippen LogP contribution in [0.1, 0.15) is 46.5 Å². The van der Waals surface area contributed by atoms with E-state index >= 15 is 0 Å². The molecule has 0 spiro atoms. The average Bonchev–Trinajstić information content (AvgIpc) is 3.58. The second-order valence-electron chi connectivity index (χ2n) is 8.66. The van der Waals surface area contributed by atoms with E-state index in [1.165, 1.54) is 30.7 Å². The zero-order chi connectivity index (χ0) is 22.1. The molecule has 1 atom stereocenters. The third kappa shape index (κ3) is 4.59. The van der Waals surface area contributed by atoms with Gasteiger partial charge in [-0.1, -0.05) is 13.8 Å². The van der Waals surface area contributed by atoms with Crippen LogP contribution in [0, 0.1) is 11.8 Å². The zero-order valence-electron chi connectivity index (χ0n) is 18.6. The summed E-state index contributed by atoms with van der Waals surface area (Å²) in [7, 11) is -0.656. The van der Waals surface area contributed by atoms with Crippen molar-refractivity contribution in [2.75, 3.05) is 27.3 Å². The molecule has 1 heterocycles. The van der Waals surface area contributed by atoms with E-state index in [9.17, 15) is 13.2 Å². The number of amides is 1. The molecule has 1 aliphatic heterocycles. The highest BCUT2D eigenvalue weighted by Gasteiger charge is 2.41. The molecule has 1 aliphatic carbocycles. The molecule has 0 N–H and O–H groups in total. The largest absolute Gasteiger partial charge is 0.493 e. The predicted octanol–water partition coefficient (Wildman–Crippen LogP) is 3.14. The van der Waals surface area contributed by atoms with Crippen molar-refractivity contribution in [2.45, 2.75) is 63.4 Å². The average molecular weight is 439 g/mol. The van der Waals surface area contributed by atoms with Crippen molar-refractivity contribution in [3.63, 3.8) is 0 Å². The van der Waals surface area contributed by atoms with Crippen LogP contribution < -0.4 is 9.47 Å². The molecule has 0 bridgehead atoms. The van der Waals surface area contributed by atoms with Crippen LogP contribution in [0.5, 0.6) is 11.5 Å². The molecule has 2 aliphatic rings. The topological polar surface area (TPSA) is 76.2 Å². The van der Waals surface area contributed by atoms with Crippen molar-refractivity contribution in [1.82, 2.24) is 9.21 Å². The van der Waals surface area contributed by atoms with Gasteiger partial charge in [-0.3, -0.25) is 4.79 Å². The van der Waals surface area contributed by atoms with Gasteiger partial charge in [0.1, 0.15) is 0 Å². The quantitative estimate of drug-likeness (QED) is 0.623. The molecule has 1 unspecified atom stereocenters. The van der Waals surface area contributed by atoms with E-state index in [0.29, 0.717) is 49.4 Å². The molecule has 1 aromatic carbocycles. The van der Waals surface area contributed by atoms with Gasteiger partial charge in [0, 0.05) is 37.2 Å². The standard InChI is InChI=1S/C22H34N2O5S/c1-15(2)16(3)24(18-6-7-18)22(25)17-10-12-23(13-11-17)30(26,27)19-8-9-20(28-4)21(14-19)29-5/h8-9,14-18H,6-7,10-13H2,1-5H3. The molecule has 3 rings (SSSR count). The summed E-state index contributed by atoms with van der Waals surface area (Å²) >= 11 is 0. The van der Waals surface area contributed by atoms with Crippen molar-refractivity contribution in [1.29, 1.82) is 0 Å². The van der Waals surface area contributed by atoms with Gasteiger partial charge in [0.25, 0.3) is 0 Å². The van der Waals surface area contributed by atoms with Gasteiger partial charge < -0.3 is 14.4 Å². The van der Waals surface area contributed by atoms with E-state index in [4.69, 9.17) is 9.47 Å². The van der Waals surface area contributed by atoms with E-state index in [1.807, 2.05) is 0 Å². The van der Waals surface area contributed by atoms with E-state index in [1.54, 1.807) is 6.07 Å². The van der Waals surface area contributed by atoms with Crippen molar-refractivity contribution in [3.05, 3.63) is 18.2 Å². The number of carbonyl (C=O) groups excluding carboxylic acids is 1. The van der Waals surface area contributed by atoms with Crippen LogP contribution in [0.3, 0.4) is 0 Å². The van der Waals surface area contributed by atoms with Crippen LogP contribution in [0.25, 0.3) is 0 Å². The highest BCUT2D eigenvalue weighted by Crippen LogP contribution is 2.35. The Kier molecular flexibility index (Phi) is 6.97. The lowest BCUT2D eigenvalue weighted by Gasteiger charge is -2.37. The lowest BCUT2D eigenvalue weighted by Crippen LogP contribution is -2.49. The first-order valence-corrected chi connectivity index (χ1v) is 12.2. The molecular formula is C22H34N2O5S. The van der Waals surface area contributed by atoms with E-state index in [2.05, 4.69) is 25.7 Å². The lowest BCUT2D eigenvalue weighted by molar-refractivity contribution is -0.140. The Balaban J connectivity index is 1.69. The summed E-state index contributed by atoms with van der Waals surface area (Å²) in [6.45, 7) is 7.11. The smallest absolute Gasteiger partial charge is 0.243 e. The van der Waals surface area contributed by atoms with Crippen LogP contribution >= 0.6 is 0 Å². The molecule has 2 fully saturated rings. The molecule has 1 saturated carbocycles. The summed E-state index contributed by atoms with van der Waals surface area (Å²) in [6, 6.07) is 5.20. The highest BCUT2D eigenvalue weighted by atomic mass is 32.2. The number of methoxy groups -OCH3 is 2. The van der Waals surface area contributed by atoms with Crippen molar-refractivity contribution >= 4 is 15.9 Å². The molecular weight excluding hydrogens is 404 g/mol. The fourth-order valence-corrected chi connectivity index (χ4v) is 5.55. The zero-order valence-corrected chi connectivity index (χ0v) is 19.4. The summed E-state index contributed by atoms with van der Waals surface area (Å²) in [5.74, 6) is 1.36. The van der Waals surface area contributed by atoms with Gasteiger partial charge in [-0.25, -0.2) is 8.42 Å². The van der Waals surface area contributed by atoms with Gasteiger partial charge in [0.05, 0.1) is 19.1 Å². The summed E-state index contributed by atoms with van der Waals surface area (Å²) in [6.07, 6.45) is 3.27. The number of piperidine rings is 1. The SMILES string of the molecule is COc1ccc(S(=O)(=O)N2CCC(C(=O)N(C3CC3)C(C)C(C)C)CC2)cc1OC. The lowest BCUT2D eigenvalue weighted by atomic mass is 9.94. The second kappa shape index (κ2) is 9.14. The number of ether oxygens (including phenoxy) is 2. The van der Waals surface area contributed by atoms with Crippen LogP contribution in [-0.4, -0.2) is 62.9 Å². The molecule has 0 aromatic heterocycles. The van der Waals surface area contributed by atoms with E-state index in [0.717, 1.165) is 12.8 Å². The molecule has 1 amide bonds. The first-order chi connectivity index (χ1) is 14.2. The number of hydrogen-bond donors (Lipinski definition) is 0. The fourth-order valence-electron chi connectivity index (χ4n) is 4.07. The van der Waals surface area contributed by atoms with Gasteiger partial charge in [-0.2, -0.15) is 4.31 Å². The maximum atomic E-state index is 13.2. The summed E-state index contributed by atoms with van der Waals surface area (Å²) in [4.78, 5) is 15.5.